The standard InChI is InChI=1S/C18H19N3O6/c1-19-15(22)10-21(2)16(23)11-27-18(25)12-5-7-13(8-6-12)20-17(24)14-4-3-9-26-14/h3-9H,10-11H2,1-2H3,(H,19,22)(H,20,24). The number of nitrogens with zero attached hydrogens (tertiary/aromatic N) is 1. The van der Waals surface area contributed by atoms with E-state index in [0.29, 0.717) is 5.69 Å². The summed E-state index contributed by atoms with van der Waals surface area (Å²) in [5, 5.41) is 5.01. The van der Waals surface area contributed by atoms with Crippen molar-refractivity contribution in [1.29, 1.82) is 0 Å². The van der Waals surface area contributed by atoms with Crippen LogP contribution in [0.2, 0.25) is 0 Å². The van der Waals surface area contributed by atoms with E-state index in [-0.39, 0.29) is 23.8 Å². The van der Waals surface area contributed by atoms with Crippen molar-refractivity contribution in [3.8, 4) is 0 Å². The molecule has 2 N–H and O–H groups in total. The number of anilines is 1. The maximum Gasteiger partial charge on any atom is 0.338 e. The van der Waals surface area contributed by atoms with Crippen LogP contribution in [0, 0.1) is 0 Å². The lowest BCUT2D eigenvalue weighted by molar-refractivity contribution is -0.137. The summed E-state index contributed by atoms with van der Waals surface area (Å²) >= 11 is 0. The lowest BCUT2D eigenvalue weighted by atomic mass is 10.2. The fourth-order valence-electron chi connectivity index (χ4n) is 1.99. The maximum absolute atomic E-state index is 12.0. The smallest absolute Gasteiger partial charge is 0.338 e. The zero-order valence-electron chi connectivity index (χ0n) is 14.9. The van der Waals surface area contributed by atoms with Crippen molar-refractivity contribution in [3.05, 3.63) is 54.0 Å². The average molecular weight is 373 g/mol. The highest BCUT2D eigenvalue weighted by molar-refractivity contribution is 6.02. The van der Waals surface area contributed by atoms with Gasteiger partial charge in [-0.15, -0.1) is 0 Å². The van der Waals surface area contributed by atoms with Gasteiger partial charge in [-0.3, -0.25) is 14.4 Å². The van der Waals surface area contributed by atoms with Gasteiger partial charge in [-0.25, -0.2) is 4.79 Å². The quantitative estimate of drug-likeness (QED) is 0.696. The molecular formula is C18H19N3O6. The van der Waals surface area contributed by atoms with Crippen molar-refractivity contribution in [2.45, 2.75) is 0 Å². The fourth-order valence-corrected chi connectivity index (χ4v) is 1.99. The number of amides is 3. The predicted octanol–water partition coefficient (Wildman–Crippen LogP) is 0.893. The van der Waals surface area contributed by atoms with E-state index in [1.54, 1.807) is 6.07 Å². The molecule has 27 heavy (non-hydrogen) atoms. The number of carbonyl (C=O) groups excluding carboxylic acids is 4. The molecule has 0 saturated carbocycles. The number of likely N-dealkylation sites (N-methyl/N-ethyl adjacent to an activating group) is 2. The van der Waals surface area contributed by atoms with Gasteiger partial charge in [-0.05, 0) is 36.4 Å². The molecule has 0 fully saturated rings. The third-order valence-corrected chi connectivity index (χ3v) is 3.54. The van der Waals surface area contributed by atoms with Gasteiger partial charge in [0.1, 0.15) is 0 Å². The summed E-state index contributed by atoms with van der Waals surface area (Å²) < 4.78 is 9.93. The Kier molecular flexibility index (Phi) is 6.70. The number of hydrogen-bond acceptors (Lipinski definition) is 6. The van der Waals surface area contributed by atoms with E-state index in [4.69, 9.17) is 9.15 Å². The molecule has 0 aliphatic heterocycles. The van der Waals surface area contributed by atoms with Gasteiger partial charge in [0.05, 0.1) is 18.4 Å². The number of nitrogens with one attached hydrogen (secondary N) is 2. The Balaban J connectivity index is 1.85. The van der Waals surface area contributed by atoms with Crippen LogP contribution in [0.5, 0.6) is 0 Å². The first-order valence-electron chi connectivity index (χ1n) is 7.97. The third kappa shape index (κ3) is 5.70. The second kappa shape index (κ2) is 9.18. The molecule has 3 amide bonds. The molecule has 0 spiro atoms. The minimum Gasteiger partial charge on any atom is -0.459 e. The molecule has 9 heteroatoms. The second-order valence-corrected chi connectivity index (χ2v) is 5.51. The van der Waals surface area contributed by atoms with Crippen molar-refractivity contribution >= 4 is 29.4 Å². The monoisotopic (exact) mass is 373 g/mol. The van der Waals surface area contributed by atoms with Gasteiger partial charge < -0.3 is 24.7 Å². The van der Waals surface area contributed by atoms with Crippen LogP contribution in [-0.2, 0) is 14.3 Å². The van der Waals surface area contributed by atoms with Gasteiger partial charge in [-0.1, -0.05) is 0 Å². The molecule has 1 aromatic carbocycles. The fraction of sp³-hybridized carbons (Fsp3) is 0.222. The summed E-state index contributed by atoms with van der Waals surface area (Å²) in [6.07, 6.45) is 1.39. The van der Waals surface area contributed by atoms with Crippen LogP contribution >= 0.6 is 0 Å². The minimum absolute atomic E-state index is 0.128. The lowest BCUT2D eigenvalue weighted by Crippen LogP contribution is -2.39. The van der Waals surface area contributed by atoms with Crippen LogP contribution in [0.3, 0.4) is 0 Å². The Morgan fingerprint density at radius 1 is 1.11 bits per heavy atom. The Bertz CT molecular complexity index is 814. The Hall–Kier alpha value is -3.62. The Morgan fingerprint density at radius 3 is 2.41 bits per heavy atom. The molecule has 0 bridgehead atoms. The van der Waals surface area contributed by atoms with Crippen LogP contribution in [0.4, 0.5) is 5.69 Å². The highest BCUT2D eigenvalue weighted by atomic mass is 16.5. The summed E-state index contributed by atoms with van der Waals surface area (Å²) in [5.41, 5.74) is 0.682. The van der Waals surface area contributed by atoms with Gasteiger partial charge in [0.15, 0.2) is 12.4 Å². The number of furan rings is 1. The molecule has 0 aliphatic rings. The molecule has 2 rings (SSSR count). The first-order valence-corrected chi connectivity index (χ1v) is 7.97. The molecule has 1 aromatic heterocycles. The average Bonchev–Trinajstić information content (AvgIpc) is 3.21. The van der Waals surface area contributed by atoms with E-state index in [1.165, 1.54) is 50.7 Å². The van der Waals surface area contributed by atoms with E-state index in [2.05, 4.69) is 10.6 Å². The number of hydrogen-bond donors (Lipinski definition) is 2. The van der Waals surface area contributed by atoms with Crippen molar-refractivity contribution in [3.63, 3.8) is 0 Å². The topological polar surface area (TPSA) is 118 Å². The van der Waals surface area contributed by atoms with Crippen molar-refractivity contribution in [1.82, 2.24) is 10.2 Å². The molecule has 0 atom stereocenters. The second-order valence-electron chi connectivity index (χ2n) is 5.51. The Labute approximate surface area is 155 Å². The maximum atomic E-state index is 12.0. The highest BCUT2D eigenvalue weighted by Gasteiger charge is 2.16. The summed E-state index contributed by atoms with van der Waals surface area (Å²) in [5.74, 6) is -1.78. The summed E-state index contributed by atoms with van der Waals surface area (Å²) in [6.45, 7) is -0.611. The molecule has 0 aliphatic carbocycles. The summed E-state index contributed by atoms with van der Waals surface area (Å²) in [4.78, 5) is 48.1. The van der Waals surface area contributed by atoms with Crippen LogP contribution in [0.15, 0.2) is 47.1 Å². The zero-order valence-corrected chi connectivity index (χ0v) is 14.9. The largest absolute Gasteiger partial charge is 0.459 e. The molecule has 2 aromatic rings. The molecular weight excluding hydrogens is 354 g/mol. The van der Waals surface area contributed by atoms with Crippen LogP contribution in [0.25, 0.3) is 0 Å². The van der Waals surface area contributed by atoms with Gasteiger partial charge in [0.25, 0.3) is 11.8 Å². The van der Waals surface area contributed by atoms with Gasteiger partial charge >= 0.3 is 5.97 Å². The first-order chi connectivity index (χ1) is 12.9. The zero-order chi connectivity index (χ0) is 19.8. The number of carbonyl (C=O) groups is 4. The van der Waals surface area contributed by atoms with Crippen molar-refractivity contribution < 1.29 is 28.3 Å². The summed E-state index contributed by atoms with van der Waals surface area (Å²) in [7, 11) is 2.89. The van der Waals surface area contributed by atoms with Crippen LogP contribution in [0.1, 0.15) is 20.9 Å². The Morgan fingerprint density at radius 2 is 1.81 bits per heavy atom. The van der Waals surface area contributed by atoms with Crippen LogP contribution in [-0.4, -0.2) is 55.8 Å². The van der Waals surface area contributed by atoms with Gasteiger partial charge in [0, 0.05) is 19.8 Å². The third-order valence-electron chi connectivity index (χ3n) is 3.54. The SMILES string of the molecule is CNC(=O)CN(C)C(=O)COC(=O)c1ccc(NC(=O)c2ccco2)cc1. The molecule has 1 heterocycles. The summed E-state index contributed by atoms with van der Waals surface area (Å²) in [6, 6.07) is 9.09. The number of benzene rings is 1. The number of ether oxygens (including phenoxy) is 1. The first kappa shape index (κ1) is 19.7. The molecule has 0 saturated heterocycles. The molecule has 9 nitrogen and oxygen atoms in total. The van der Waals surface area contributed by atoms with Crippen LogP contribution < -0.4 is 10.6 Å². The van der Waals surface area contributed by atoms with Gasteiger partial charge in [0.2, 0.25) is 5.91 Å². The van der Waals surface area contributed by atoms with E-state index >= 15 is 0 Å². The molecule has 0 radical (unpaired) electrons. The normalized spacial score (nSPS) is 10.0. The number of rotatable bonds is 7. The lowest BCUT2D eigenvalue weighted by Gasteiger charge is -2.15. The van der Waals surface area contributed by atoms with E-state index in [0.717, 1.165) is 4.90 Å². The van der Waals surface area contributed by atoms with E-state index in [1.807, 2.05) is 0 Å². The minimum atomic E-state index is -0.694. The van der Waals surface area contributed by atoms with Crippen molar-refractivity contribution in [2.24, 2.45) is 0 Å². The molecule has 142 valence electrons. The predicted molar refractivity (Wildman–Crippen MR) is 95.1 cm³/mol. The molecule has 0 unspecified atom stereocenters. The van der Waals surface area contributed by atoms with E-state index < -0.39 is 24.4 Å². The van der Waals surface area contributed by atoms with E-state index in [9.17, 15) is 19.2 Å². The highest BCUT2D eigenvalue weighted by Crippen LogP contribution is 2.12. The number of esters is 1. The van der Waals surface area contributed by atoms with Crippen molar-refractivity contribution in [2.75, 3.05) is 32.6 Å². The van der Waals surface area contributed by atoms with Gasteiger partial charge in [-0.2, -0.15) is 0 Å².